The van der Waals surface area contributed by atoms with Gasteiger partial charge < -0.3 is 24.3 Å². The highest BCUT2D eigenvalue weighted by atomic mass is 19.1. The third-order valence-electron chi connectivity index (χ3n) is 4.03. The fourth-order valence-corrected chi connectivity index (χ4v) is 2.65. The molecule has 0 unspecified atom stereocenters. The molecule has 1 aliphatic rings. The third-order valence-corrected chi connectivity index (χ3v) is 4.03. The summed E-state index contributed by atoms with van der Waals surface area (Å²) < 4.78 is 31.2. The molecule has 0 fully saturated rings. The van der Waals surface area contributed by atoms with E-state index in [0.29, 0.717) is 24.8 Å². The van der Waals surface area contributed by atoms with E-state index in [-0.39, 0.29) is 30.4 Å². The molecule has 0 spiro atoms. The second-order valence-corrected chi connectivity index (χ2v) is 6.10. The van der Waals surface area contributed by atoms with Crippen LogP contribution in [0.3, 0.4) is 0 Å². The second-order valence-electron chi connectivity index (χ2n) is 6.10. The van der Waals surface area contributed by atoms with Gasteiger partial charge in [0.25, 0.3) is 0 Å². The van der Waals surface area contributed by atoms with E-state index >= 15 is 0 Å². The zero-order valence-electron chi connectivity index (χ0n) is 14.5. The predicted octanol–water partition coefficient (Wildman–Crippen LogP) is 3.10. The number of hydrogen-bond donors (Lipinski definition) is 0. The van der Waals surface area contributed by atoms with Crippen LogP contribution in [0.5, 0.6) is 17.6 Å². The van der Waals surface area contributed by atoms with Crippen LogP contribution in [0.15, 0.2) is 48.8 Å². The Hall–Kier alpha value is -3.53. The molecule has 28 heavy (non-hydrogen) atoms. The van der Waals surface area contributed by atoms with Crippen LogP contribution in [0, 0.1) is 15.9 Å². The van der Waals surface area contributed by atoms with Gasteiger partial charge in [0.2, 0.25) is 5.88 Å². The summed E-state index contributed by atoms with van der Waals surface area (Å²) in [5.41, 5.74) is 0.828. The van der Waals surface area contributed by atoms with Crippen LogP contribution in [-0.2, 0) is 17.9 Å². The van der Waals surface area contributed by atoms with Crippen LogP contribution in [0.4, 0.5) is 10.2 Å². The monoisotopic (exact) mass is 386 g/mol. The first-order valence-corrected chi connectivity index (χ1v) is 8.41. The Morgan fingerprint density at radius 2 is 2.11 bits per heavy atom. The first-order chi connectivity index (χ1) is 13.6. The molecule has 0 saturated heterocycles. The maximum Gasteiger partial charge on any atom is 0.414 e. The molecule has 3 aromatic rings. The number of hydrogen-bond acceptors (Lipinski definition) is 7. The first-order valence-electron chi connectivity index (χ1n) is 8.41. The number of rotatable bonds is 6. The number of ether oxygens (including phenoxy) is 3. The first kappa shape index (κ1) is 17.9. The van der Waals surface area contributed by atoms with Crippen molar-refractivity contribution >= 4 is 5.82 Å². The van der Waals surface area contributed by atoms with Gasteiger partial charge >= 0.3 is 11.8 Å². The van der Waals surface area contributed by atoms with Gasteiger partial charge in [0, 0.05) is 17.2 Å². The molecular weight excluding hydrogens is 371 g/mol. The molecule has 0 aliphatic carbocycles. The zero-order chi connectivity index (χ0) is 19.5. The van der Waals surface area contributed by atoms with Crippen molar-refractivity contribution in [2.24, 2.45) is 0 Å². The van der Waals surface area contributed by atoms with E-state index in [0.717, 1.165) is 5.56 Å². The highest BCUT2D eigenvalue weighted by molar-refractivity contribution is 5.28. The number of aromatic nitrogens is 3. The van der Waals surface area contributed by atoms with Gasteiger partial charge in [-0.2, -0.15) is 0 Å². The number of halogens is 1. The zero-order valence-corrected chi connectivity index (χ0v) is 14.5. The van der Waals surface area contributed by atoms with E-state index in [1.807, 2.05) is 6.07 Å². The fraction of sp³-hybridized carbons (Fsp3) is 0.222. The molecule has 0 saturated carbocycles. The number of fused-ring (bicyclic) bond motifs is 1. The van der Waals surface area contributed by atoms with Gasteiger partial charge in [-0.3, -0.25) is 4.57 Å². The molecule has 4 rings (SSSR count). The van der Waals surface area contributed by atoms with Crippen molar-refractivity contribution in [3.05, 3.63) is 70.3 Å². The summed E-state index contributed by atoms with van der Waals surface area (Å²) >= 11 is 0. The third kappa shape index (κ3) is 4.07. The normalized spacial score (nSPS) is 15.5. The topological polar surface area (TPSA) is 102 Å². The average molecular weight is 386 g/mol. The fourth-order valence-electron chi connectivity index (χ4n) is 2.65. The minimum absolute atomic E-state index is 0.218. The van der Waals surface area contributed by atoms with E-state index in [4.69, 9.17) is 14.2 Å². The highest BCUT2D eigenvalue weighted by Gasteiger charge is 2.28. The SMILES string of the molecule is O=[N+]([O-])c1cn2c(n1)OC[C@@H](OCc1ccc(Oc3ccc(F)cc3)nc1)C2. The number of nitrogens with zero attached hydrogens (tertiary/aromatic N) is 4. The van der Waals surface area contributed by atoms with Crippen molar-refractivity contribution < 1.29 is 23.5 Å². The summed E-state index contributed by atoms with van der Waals surface area (Å²) in [6, 6.07) is 9.38. The Kier molecular flexibility index (Phi) is 4.85. The summed E-state index contributed by atoms with van der Waals surface area (Å²) in [5.74, 6) is 0.280. The number of benzene rings is 1. The molecule has 2 aromatic heterocycles. The lowest BCUT2D eigenvalue weighted by molar-refractivity contribution is -0.389. The maximum absolute atomic E-state index is 12.9. The summed E-state index contributed by atoms with van der Waals surface area (Å²) in [4.78, 5) is 18.2. The van der Waals surface area contributed by atoms with E-state index in [9.17, 15) is 14.5 Å². The molecular formula is C18H15FN4O5. The van der Waals surface area contributed by atoms with E-state index < -0.39 is 4.92 Å². The van der Waals surface area contributed by atoms with Crippen molar-refractivity contribution in [3.63, 3.8) is 0 Å². The van der Waals surface area contributed by atoms with Crippen LogP contribution >= 0.6 is 0 Å². The van der Waals surface area contributed by atoms with Crippen molar-refractivity contribution in [2.75, 3.05) is 6.61 Å². The summed E-state index contributed by atoms with van der Waals surface area (Å²) in [7, 11) is 0. The Labute approximate surface area is 158 Å². The van der Waals surface area contributed by atoms with Crippen LogP contribution in [0.2, 0.25) is 0 Å². The molecule has 1 atom stereocenters. The standard InChI is InChI=1S/C18H15FN4O5/c19-13-2-4-14(5-3-13)28-17-6-1-12(7-20-17)10-26-15-8-22-9-16(23(24)25)21-18(22)27-11-15/h1-7,9,15H,8,10-11H2/t15-/m0/s1. The largest absolute Gasteiger partial charge is 0.443 e. The summed E-state index contributed by atoms with van der Waals surface area (Å²) in [6.45, 7) is 0.965. The molecule has 1 aromatic carbocycles. The lowest BCUT2D eigenvalue weighted by Crippen LogP contribution is -2.32. The van der Waals surface area contributed by atoms with Crippen LogP contribution < -0.4 is 9.47 Å². The number of pyridine rings is 1. The molecule has 0 bridgehead atoms. The van der Waals surface area contributed by atoms with Crippen molar-refractivity contribution in [2.45, 2.75) is 19.3 Å². The molecule has 144 valence electrons. The van der Waals surface area contributed by atoms with Crippen molar-refractivity contribution in [1.29, 1.82) is 0 Å². The molecule has 9 nitrogen and oxygen atoms in total. The van der Waals surface area contributed by atoms with Gasteiger partial charge in [0.15, 0.2) is 0 Å². The number of nitro groups is 1. The van der Waals surface area contributed by atoms with Gasteiger partial charge in [-0.15, -0.1) is 0 Å². The summed E-state index contributed by atoms with van der Waals surface area (Å²) in [5, 5.41) is 10.8. The van der Waals surface area contributed by atoms with Gasteiger partial charge in [0.1, 0.15) is 30.5 Å². The van der Waals surface area contributed by atoms with E-state index in [1.54, 1.807) is 16.8 Å². The average Bonchev–Trinajstić information content (AvgIpc) is 3.13. The van der Waals surface area contributed by atoms with Crippen LogP contribution in [0.1, 0.15) is 5.56 Å². The lowest BCUT2D eigenvalue weighted by Gasteiger charge is -2.22. The summed E-state index contributed by atoms with van der Waals surface area (Å²) in [6.07, 6.45) is 2.68. The highest BCUT2D eigenvalue weighted by Crippen LogP contribution is 2.23. The second kappa shape index (κ2) is 7.61. The Morgan fingerprint density at radius 1 is 1.29 bits per heavy atom. The molecule has 1 aliphatic heterocycles. The smallest absolute Gasteiger partial charge is 0.414 e. The minimum atomic E-state index is -0.564. The van der Waals surface area contributed by atoms with E-state index in [2.05, 4.69) is 9.97 Å². The van der Waals surface area contributed by atoms with Crippen LogP contribution in [0.25, 0.3) is 0 Å². The van der Waals surface area contributed by atoms with Crippen LogP contribution in [-0.4, -0.2) is 32.2 Å². The quantitative estimate of drug-likeness (QED) is 0.474. The van der Waals surface area contributed by atoms with E-state index in [1.165, 1.54) is 30.5 Å². The predicted molar refractivity (Wildman–Crippen MR) is 93.7 cm³/mol. The Bertz CT molecular complexity index is 975. The minimum Gasteiger partial charge on any atom is -0.443 e. The number of imidazole rings is 1. The van der Waals surface area contributed by atoms with Crippen molar-refractivity contribution in [3.8, 4) is 17.6 Å². The van der Waals surface area contributed by atoms with Gasteiger partial charge in [-0.05, 0) is 40.8 Å². The van der Waals surface area contributed by atoms with Gasteiger partial charge in [-0.1, -0.05) is 0 Å². The Balaban J connectivity index is 1.31. The molecule has 0 amide bonds. The molecule has 0 N–H and O–H groups in total. The molecule has 0 radical (unpaired) electrons. The van der Waals surface area contributed by atoms with Gasteiger partial charge in [-0.25, -0.2) is 9.37 Å². The molecule has 3 heterocycles. The Morgan fingerprint density at radius 3 is 2.82 bits per heavy atom. The molecule has 10 heteroatoms. The van der Waals surface area contributed by atoms with Crippen molar-refractivity contribution in [1.82, 2.24) is 14.5 Å². The lowest BCUT2D eigenvalue weighted by atomic mass is 10.3. The maximum atomic E-state index is 12.9. The van der Waals surface area contributed by atoms with Gasteiger partial charge in [0.05, 0.1) is 13.2 Å².